The number of methoxy groups -OCH3 is 1. The number of hydrogen-bond donors (Lipinski definition) is 3. The Morgan fingerprint density at radius 3 is 2.56 bits per heavy atom. The van der Waals surface area contributed by atoms with Crippen LogP contribution in [0.1, 0.15) is 25.3 Å². The lowest BCUT2D eigenvalue weighted by Crippen LogP contribution is -2.38. The Labute approximate surface area is 202 Å². The fourth-order valence-corrected chi connectivity index (χ4v) is 3.70. The highest BCUT2D eigenvalue weighted by Crippen LogP contribution is 2.41. The molecule has 11 heteroatoms. The molecule has 0 spiro atoms. The van der Waals surface area contributed by atoms with Gasteiger partial charge in [-0.3, -0.25) is 0 Å². The number of carbonyl (C=O) groups is 3. The van der Waals surface area contributed by atoms with Crippen molar-refractivity contribution in [2.75, 3.05) is 40.0 Å². The van der Waals surface area contributed by atoms with Gasteiger partial charge in [-0.1, -0.05) is 29.8 Å². The molecule has 0 saturated heterocycles. The number of halogens is 1. The Balaban J connectivity index is 2.35. The van der Waals surface area contributed by atoms with Gasteiger partial charge in [0.1, 0.15) is 6.54 Å². The lowest BCUT2D eigenvalue weighted by molar-refractivity contribution is -0.139. The Bertz CT molecular complexity index is 1030. The number of rotatable bonds is 10. The molecule has 10 nitrogen and oxygen atoms in total. The van der Waals surface area contributed by atoms with E-state index < -0.39 is 23.9 Å². The standard InChI is InChI=1S/C23H27ClN4O6/c1-4-34-22(30)20-17(13-33-12-11-27-23(31)26-10-9-25)28-14(2)18(21(29)32-3)19(20)15-7-5-6-8-16(15)24/h5-8,19,28H,4,10-13H2,1-3H3,(H2,26,27,31). The summed E-state index contributed by atoms with van der Waals surface area (Å²) in [5.74, 6) is -2.07. The molecular weight excluding hydrogens is 464 g/mol. The van der Waals surface area contributed by atoms with Crippen LogP contribution in [0.4, 0.5) is 4.79 Å². The Morgan fingerprint density at radius 2 is 1.91 bits per heavy atom. The van der Waals surface area contributed by atoms with Crippen LogP contribution >= 0.6 is 11.6 Å². The number of carbonyl (C=O) groups excluding carboxylic acids is 3. The second kappa shape index (κ2) is 13.2. The van der Waals surface area contributed by atoms with Crippen molar-refractivity contribution in [3.8, 4) is 6.07 Å². The molecule has 0 bridgehead atoms. The van der Waals surface area contributed by atoms with E-state index in [9.17, 15) is 14.4 Å². The zero-order valence-electron chi connectivity index (χ0n) is 19.2. The van der Waals surface area contributed by atoms with Gasteiger partial charge in [0, 0.05) is 17.3 Å². The number of hydrogen-bond acceptors (Lipinski definition) is 8. The van der Waals surface area contributed by atoms with E-state index in [1.807, 2.05) is 0 Å². The summed E-state index contributed by atoms with van der Waals surface area (Å²) in [6, 6.07) is 8.22. The molecule has 1 aliphatic heterocycles. The van der Waals surface area contributed by atoms with E-state index in [1.54, 1.807) is 44.2 Å². The van der Waals surface area contributed by atoms with E-state index >= 15 is 0 Å². The first-order chi connectivity index (χ1) is 16.3. The van der Waals surface area contributed by atoms with Crippen LogP contribution in [0, 0.1) is 11.3 Å². The van der Waals surface area contributed by atoms with Crippen molar-refractivity contribution in [2.45, 2.75) is 19.8 Å². The summed E-state index contributed by atoms with van der Waals surface area (Å²) in [6.07, 6.45) is 0. The van der Waals surface area contributed by atoms with Gasteiger partial charge in [0.05, 0.1) is 55.8 Å². The first-order valence-electron chi connectivity index (χ1n) is 10.5. The molecule has 1 aromatic carbocycles. The Morgan fingerprint density at radius 1 is 1.18 bits per heavy atom. The summed E-state index contributed by atoms with van der Waals surface area (Å²) >= 11 is 6.46. The van der Waals surface area contributed by atoms with E-state index in [-0.39, 0.29) is 44.1 Å². The van der Waals surface area contributed by atoms with Crippen molar-refractivity contribution < 1.29 is 28.6 Å². The molecule has 182 valence electrons. The molecule has 0 fully saturated rings. The smallest absolute Gasteiger partial charge is 0.336 e. The Kier molecular flexibility index (Phi) is 10.4. The van der Waals surface area contributed by atoms with Crippen LogP contribution in [0.3, 0.4) is 0 Å². The SMILES string of the molecule is CCOC(=O)C1=C(COCCNC(=O)NCC#N)NC(C)=C(C(=O)OC)C1c1ccccc1Cl. The van der Waals surface area contributed by atoms with Crippen LogP contribution in [-0.4, -0.2) is 58.0 Å². The van der Waals surface area contributed by atoms with E-state index in [1.165, 1.54) is 7.11 Å². The number of esters is 2. The largest absolute Gasteiger partial charge is 0.466 e. The number of benzene rings is 1. The fraction of sp³-hybridized carbons (Fsp3) is 0.391. The molecule has 0 aromatic heterocycles. The van der Waals surface area contributed by atoms with Gasteiger partial charge in [0.15, 0.2) is 0 Å². The van der Waals surface area contributed by atoms with Crippen LogP contribution in [0.2, 0.25) is 5.02 Å². The molecule has 34 heavy (non-hydrogen) atoms. The number of nitriles is 1. The summed E-state index contributed by atoms with van der Waals surface area (Å²) in [5.41, 5.74) is 1.85. The van der Waals surface area contributed by atoms with Crippen LogP contribution < -0.4 is 16.0 Å². The highest BCUT2D eigenvalue weighted by molar-refractivity contribution is 6.31. The van der Waals surface area contributed by atoms with Crippen molar-refractivity contribution in [3.63, 3.8) is 0 Å². The van der Waals surface area contributed by atoms with Crippen molar-refractivity contribution in [1.82, 2.24) is 16.0 Å². The quantitative estimate of drug-likeness (QED) is 0.257. The Hall–Kier alpha value is -3.55. The normalized spacial score (nSPS) is 15.2. The maximum atomic E-state index is 13.1. The van der Waals surface area contributed by atoms with Crippen LogP contribution in [0.15, 0.2) is 46.8 Å². The van der Waals surface area contributed by atoms with Crippen LogP contribution in [0.5, 0.6) is 0 Å². The van der Waals surface area contributed by atoms with Gasteiger partial charge in [0.25, 0.3) is 0 Å². The number of urea groups is 1. The molecule has 0 aliphatic carbocycles. The molecule has 3 N–H and O–H groups in total. The summed E-state index contributed by atoms with van der Waals surface area (Å²) in [6.45, 7) is 3.68. The molecule has 0 radical (unpaired) electrons. The monoisotopic (exact) mass is 490 g/mol. The predicted molar refractivity (Wildman–Crippen MR) is 124 cm³/mol. The van der Waals surface area contributed by atoms with Crippen molar-refractivity contribution >= 4 is 29.6 Å². The number of allylic oxidation sites excluding steroid dienone is 1. The van der Waals surface area contributed by atoms with Crippen molar-refractivity contribution in [1.29, 1.82) is 5.26 Å². The van der Waals surface area contributed by atoms with Gasteiger partial charge in [0.2, 0.25) is 0 Å². The second-order valence-electron chi connectivity index (χ2n) is 7.04. The number of nitrogens with zero attached hydrogens (tertiary/aromatic N) is 1. The molecule has 2 rings (SSSR count). The minimum atomic E-state index is -0.838. The van der Waals surface area contributed by atoms with E-state index in [0.717, 1.165) is 0 Å². The highest BCUT2D eigenvalue weighted by atomic mass is 35.5. The zero-order valence-corrected chi connectivity index (χ0v) is 20.0. The molecule has 0 saturated carbocycles. The van der Waals surface area contributed by atoms with Gasteiger partial charge < -0.3 is 30.2 Å². The van der Waals surface area contributed by atoms with Gasteiger partial charge in [-0.2, -0.15) is 5.26 Å². The van der Waals surface area contributed by atoms with Crippen molar-refractivity contribution in [2.24, 2.45) is 0 Å². The fourth-order valence-electron chi connectivity index (χ4n) is 3.45. The molecule has 2 amide bonds. The van der Waals surface area contributed by atoms with Crippen molar-refractivity contribution in [3.05, 3.63) is 57.4 Å². The number of ether oxygens (including phenoxy) is 3. The minimum Gasteiger partial charge on any atom is -0.466 e. The third-order valence-electron chi connectivity index (χ3n) is 4.87. The summed E-state index contributed by atoms with van der Waals surface area (Å²) in [5, 5.41) is 16.8. The predicted octanol–water partition coefficient (Wildman–Crippen LogP) is 2.13. The first kappa shape index (κ1) is 26.7. The summed E-state index contributed by atoms with van der Waals surface area (Å²) in [7, 11) is 1.26. The topological polar surface area (TPSA) is 139 Å². The molecule has 1 aromatic rings. The average Bonchev–Trinajstić information content (AvgIpc) is 2.82. The maximum Gasteiger partial charge on any atom is 0.336 e. The zero-order chi connectivity index (χ0) is 25.1. The number of nitrogens with one attached hydrogen (secondary N) is 3. The van der Waals surface area contributed by atoms with Gasteiger partial charge in [-0.25, -0.2) is 14.4 Å². The van der Waals surface area contributed by atoms with E-state index in [0.29, 0.717) is 22.0 Å². The molecule has 1 atom stereocenters. The van der Waals surface area contributed by atoms with Gasteiger partial charge in [-0.15, -0.1) is 0 Å². The summed E-state index contributed by atoms with van der Waals surface area (Å²) in [4.78, 5) is 37.3. The van der Waals surface area contributed by atoms with E-state index in [4.69, 9.17) is 31.1 Å². The molecule has 1 aliphatic rings. The second-order valence-corrected chi connectivity index (χ2v) is 7.45. The van der Waals surface area contributed by atoms with Crippen LogP contribution in [-0.2, 0) is 23.8 Å². The lowest BCUT2D eigenvalue weighted by atomic mass is 9.80. The van der Waals surface area contributed by atoms with E-state index in [2.05, 4.69) is 16.0 Å². The van der Waals surface area contributed by atoms with Gasteiger partial charge >= 0.3 is 18.0 Å². The third-order valence-corrected chi connectivity index (χ3v) is 5.21. The van der Waals surface area contributed by atoms with Gasteiger partial charge in [-0.05, 0) is 25.5 Å². The summed E-state index contributed by atoms with van der Waals surface area (Å²) < 4.78 is 15.9. The molecule has 1 unspecified atom stereocenters. The number of amides is 2. The third kappa shape index (κ3) is 6.73. The molecular formula is C23H27ClN4O6. The maximum absolute atomic E-state index is 13.1. The first-order valence-corrected chi connectivity index (χ1v) is 10.9. The van der Waals surface area contributed by atoms with Crippen LogP contribution in [0.25, 0.3) is 0 Å². The lowest BCUT2D eigenvalue weighted by Gasteiger charge is -2.31. The average molecular weight is 491 g/mol. The molecule has 1 heterocycles. The number of dihydropyridines is 1. The highest BCUT2D eigenvalue weighted by Gasteiger charge is 2.39. The minimum absolute atomic E-state index is 0.0254.